The van der Waals surface area contributed by atoms with Crippen molar-refractivity contribution in [1.82, 2.24) is 10.6 Å². The zero-order valence-electron chi connectivity index (χ0n) is 16.3. The lowest BCUT2D eigenvalue weighted by Gasteiger charge is -2.15. The molecule has 148 valence electrons. The van der Waals surface area contributed by atoms with Gasteiger partial charge in [-0.05, 0) is 25.9 Å². The molecule has 0 amide bonds. The van der Waals surface area contributed by atoms with Gasteiger partial charge in [0.2, 0.25) is 11.1 Å². The Morgan fingerprint density at radius 3 is 1.28 bits per heavy atom. The molecule has 8 nitrogen and oxygen atoms in total. The molecule has 0 aromatic rings. The Kier molecular flexibility index (Phi) is 11.5. The topological polar surface area (TPSA) is 110 Å². The molecule has 8 heteroatoms. The summed E-state index contributed by atoms with van der Waals surface area (Å²) in [6.45, 7) is 9.78. The summed E-state index contributed by atoms with van der Waals surface area (Å²) in [5, 5.41) is 28.1. The van der Waals surface area contributed by atoms with Crippen molar-refractivity contribution in [3.05, 3.63) is 20.2 Å². The van der Waals surface area contributed by atoms with Gasteiger partial charge < -0.3 is 10.6 Å². The number of unbranched alkanes of at least 4 members (excludes halogenated alkanes) is 4. The molecule has 0 fully saturated rings. The smallest absolute Gasteiger partial charge is 0.218 e. The molecule has 0 rings (SSSR count). The first-order valence-electron chi connectivity index (χ1n) is 9.30. The average molecular weight is 360 g/mol. The molecule has 0 aliphatic carbocycles. The maximum atomic E-state index is 10.8. The van der Waals surface area contributed by atoms with E-state index in [-0.39, 0.29) is 9.85 Å². The van der Waals surface area contributed by atoms with Gasteiger partial charge in [0.15, 0.2) is 0 Å². The van der Waals surface area contributed by atoms with Gasteiger partial charge in [0.1, 0.15) is 0 Å². The normalized spacial score (nSPS) is 12.3. The molecule has 0 aliphatic heterocycles. The number of nitrogens with zero attached hydrogens (tertiary/aromatic N) is 2. The van der Waals surface area contributed by atoms with E-state index in [1.165, 1.54) is 6.42 Å². The summed E-state index contributed by atoms with van der Waals surface area (Å²) in [5.41, 5.74) is -1.70. The molecular weight excluding hydrogens is 324 g/mol. The van der Waals surface area contributed by atoms with Gasteiger partial charge in [-0.25, -0.2) is 0 Å². The van der Waals surface area contributed by atoms with Crippen LogP contribution in [-0.2, 0) is 0 Å². The van der Waals surface area contributed by atoms with Gasteiger partial charge >= 0.3 is 0 Å². The van der Waals surface area contributed by atoms with Gasteiger partial charge in [0.05, 0.1) is 0 Å². The number of hydrogen-bond acceptors (Lipinski definition) is 6. The summed E-state index contributed by atoms with van der Waals surface area (Å²) in [7, 11) is 0. The quantitative estimate of drug-likeness (QED) is 0.249. The molecule has 0 unspecified atom stereocenters. The second-order valence-electron chi connectivity index (χ2n) is 7.91. The molecule has 0 aliphatic rings. The van der Waals surface area contributed by atoms with Gasteiger partial charge in [-0.2, -0.15) is 0 Å². The highest BCUT2D eigenvalue weighted by atomic mass is 16.6. The van der Waals surface area contributed by atoms with Crippen LogP contribution in [0.5, 0.6) is 0 Å². The molecule has 0 spiro atoms. The lowest BCUT2D eigenvalue weighted by Crippen LogP contribution is -2.35. The van der Waals surface area contributed by atoms with Crippen molar-refractivity contribution in [3.63, 3.8) is 0 Å². The molecular formula is C17H36N4O4. The third-order valence-corrected chi connectivity index (χ3v) is 4.52. The number of hydrogen-bond donors (Lipinski definition) is 2. The number of nitrogens with one attached hydrogen (secondary N) is 2. The maximum absolute atomic E-state index is 10.8. The van der Waals surface area contributed by atoms with E-state index in [1.807, 2.05) is 0 Å². The van der Waals surface area contributed by atoms with E-state index in [0.29, 0.717) is 25.9 Å². The Balaban J connectivity index is 3.35. The first-order chi connectivity index (χ1) is 11.6. The zero-order chi connectivity index (χ0) is 19.3. The molecule has 0 atom stereocenters. The van der Waals surface area contributed by atoms with Crippen molar-refractivity contribution in [2.24, 2.45) is 0 Å². The zero-order valence-corrected chi connectivity index (χ0v) is 16.3. The predicted molar refractivity (Wildman–Crippen MR) is 100 cm³/mol. The second-order valence-corrected chi connectivity index (χ2v) is 7.91. The molecule has 0 saturated carbocycles. The predicted octanol–water partition coefficient (Wildman–Crippen LogP) is 3.01. The maximum Gasteiger partial charge on any atom is 0.218 e. The first kappa shape index (κ1) is 23.7. The van der Waals surface area contributed by atoms with Gasteiger partial charge in [-0.3, -0.25) is 20.2 Å². The van der Waals surface area contributed by atoms with Gasteiger partial charge in [0.25, 0.3) is 0 Å². The van der Waals surface area contributed by atoms with Crippen LogP contribution in [0.15, 0.2) is 0 Å². The molecule has 0 heterocycles. The summed E-state index contributed by atoms with van der Waals surface area (Å²) in [6.07, 6.45) is 6.73. The average Bonchev–Trinajstić information content (AvgIpc) is 2.51. The highest BCUT2D eigenvalue weighted by molar-refractivity contribution is 4.69. The van der Waals surface area contributed by atoms with Gasteiger partial charge in [-0.15, -0.1) is 0 Å². The van der Waals surface area contributed by atoms with E-state index in [9.17, 15) is 20.2 Å². The Morgan fingerprint density at radius 1 is 0.640 bits per heavy atom. The van der Waals surface area contributed by atoms with E-state index in [4.69, 9.17) is 0 Å². The minimum atomic E-state index is -0.852. The largest absolute Gasteiger partial charge is 0.316 e. The van der Waals surface area contributed by atoms with Crippen molar-refractivity contribution in [1.29, 1.82) is 0 Å². The summed E-state index contributed by atoms with van der Waals surface area (Å²) in [5.74, 6) is 0. The summed E-state index contributed by atoms with van der Waals surface area (Å²) in [4.78, 5) is 21.1. The van der Waals surface area contributed by atoms with Crippen LogP contribution in [0.25, 0.3) is 0 Å². The van der Waals surface area contributed by atoms with Crippen LogP contribution in [-0.4, -0.2) is 47.1 Å². The molecule has 0 saturated heterocycles. The van der Waals surface area contributed by atoms with Crippen LogP contribution in [0.4, 0.5) is 0 Å². The number of nitro groups is 2. The standard InChI is InChI=1S/C17H36N4O4/c1-16(2,20(22)23)10-14-18-12-8-6-5-7-9-13-19-15-11-17(3,4)21(24)25/h18-19H,5-15H2,1-4H3. The molecule has 0 bridgehead atoms. The van der Waals surface area contributed by atoms with Gasteiger partial charge in [-0.1, -0.05) is 19.3 Å². The van der Waals surface area contributed by atoms with Crippen LogP contribution < -0.4 is 10.6 Å². The van der Waals surface area contributed by atoms with E-state index in [1.54, 1.807) is 27.7 Å². The van der Waals surface area contributed by atoms with Crippen molar-refractivity contribution in [2.75, 3.05) is 26.2 Å². The Labute approximate surface area is 151 Å². The van der Waals surface area contributed by atoms with Crippen LogP contribution in [0, 0.1) is 20.2 Å². The second kappa shape index (κ2) is 12.1. The Bertz CT molecular complexity index is 364. The fraction of sp³-hybridized carbons (Fsp3) is 1.00. The van der Waals surface area contributed by atoms with Gasteiger partial charge in [0, 0.05) is 63.5 Å². The van der Waals surface area contributed by atoms with Crippen LogP contribution in [0.3, 0.4) is 0 Å². The molecule has 0 radical (unpaired) electrons. The Morgan fingerprint density at radius 2 is 0.960 bits per heavy atom. The van der Waals surface area contributed by atoms with Crippen molar-refractivity contribution in [3.8, 4) is 0 Å². The van der Waals surface area contributed by atoms with Crippen molar-refractivity contribution >= 4 is 0 Å². The van der Waals surface area contributed by atoms with Crippen molar-refractivity contribution < 1.29 is 9.85 Å². The minimum Gasteiger partial charge on any atom is -0.316 e. The van der Waals surface area contributed by atoms with E-state index >= 15 is 0 Å². The SMILES string of the molecule is CC(C)(CCNCCCCCCCNCCC(C)(C)[N+](=O)[O-])[N+](=O)[O-]. The van der Waals surface area contributed by atoms with E-state index in [2.05, 4.69) is 10.6 Å². The summed E-state index contributed by atoms with van der Waals surface area (Å²) in [6, 6.07) is 0. The first-order valence-corrected chi connectivity index (χ1v) is 9.30. The van der Waals surface area contributed by atoms with Crippen molar-refractivity contribution in [2.45, 2.75) is 83.7 Å². The minimum absolute atomic E-state index is 0.221. The monoisotopic (exact) mass is 360 g/mol. The highest BCUT2D eigenvalue weighted by Gasteiger charge is 2.30. The molecule has 0 aromatic carbocycles. The highest BCUT2D eigenvalue weighted by Crippen LogP contribution is 2.12. The van der Waals surface area contributed by atoms with E-state index in [0.717, 1.165) is 38.8 Å². The molecule has 2 N–H and O–H groups in total. The lowest BCUT2D eigenvalue weighted by atomic mass is 10.0. The fourth-order valence-corrected chi connectivity index (χ4v) is 2.25. The third-order valence-electron chi connectivity index (χ3n) is 4.52. The molecule has 25 heavy (non-hydrogen) atoms. The Hall–Kier alpha value is -1.28. The summed E-state index contributed by atoms with van der Waals surface area (Å²) < 4.78 is 0. The number of rotatable bonds is 16. The molecule has 0 aromatic heterocycles. The summed E-state index contributed by atoms with van der Waals surface area (Å²) >= 11 is 0. The fourth-order valence-electron chi connectivity index (χ4n) is 2.25. The third kappa shape index (κ3) is 11.8. The van der Waals surface area contributed by atoms with E-state index < -0.39 is 11.1 Å². The van der Waals surface area contributed by atoms with Crippen LogP contribution in [0.1, 0.15) is 72.6 Å². The van der Waals surface area contributed by atoms with Crippen LogP contribution in [0.2, 0.25) is 0 Å². The van der Waals surface area contributed by atoms with Crippen LogP contribution >= 0.6 is 0 Å². The lowest BCUT2D eigenvalue weighted by molar-refractivity contribution is -0.561.